The molecule has 1 amide bonds. The van der Waals surface area contributed by atoms with Crippen LogP contribution in [0.15, 0.2) is 41.5 Å². The van der Waals surface area contributed by atoms with E-state index in [2.05, 4.69) is 10.5 Å². The van der Waals surface area contributed by atoms with Crippen molar-refractivity contribution in [3.63, 3.8) is 0 Å². The molecule has 12 heteroatoms. The van der Waals surface area contributed by atoms with E-state index in [0.717, 1.165) is 29.7 Å². The lowest BCUT2D eigenvalue weighted by Gasteiger charge is -2.07. The SMILES string of the molecule is CCOc1cc([N+](=O)[O-])cc(/C=N/NC(=O)c2cc3cc([N+](=O)[O-])ccc3s2)c1O. The number of hydrogen-bond acceptors (Lipinski definition) is 9. The van der Waals surface area contributed by atoms with Crippen molar-refractivity contribution in [2.45, 2.75) is 6.92 Å². The zero-order valence-corrected chi connectivity index (χ0v) is 16.2. The average molecular weight is 430 g/mol. The highest BCUT2D eigenvalue weighted by molar-refractivity contribution is 7.20. The molecule has 0 fully saturated rings. The first kappa shape index (κ1) is 20.7. The topological polar surface area (TPSA) is 157 Å². The van der Waals surface area contributed by atoms with Crippen LogP contribution in [-0.2, 0) is 0 Å². The Hall–Kier alpha value is -4.06. The van der Waals surface area contributed by atoms with E-state index in [1.807, 2.05) is 0 Å². The number of hydrazone groups is 1. The van der Waals surface area contributed by atoms with Gasteiger partial charge in [-0.3, -0.25) is 25.0 Å². The van der Waals surface area contributed by atoms with Gasteiger partial charge in [0.25, 0.3) is 17.3 Å². The van der Waals surface area contributed by atoms with Gasteiger partial charge >= 0.3 is 0 Å². The van der Waals surface area contributed by atoms with E-state index in [0.29, 0.717) is 10.1 Å². The zero-order chi connectivity index (χ0) is 21.8. The molecule has 3 aromatic rings. The molecule has 0 unspecified atom stereocenters. The zero-order valence-electron chi connectivity index (χ0n) is 15.4. The lowest BCUT2D eigenvalue weighted by Crippen LogP contribution is -2.16. The Morgan fingerprint density at radius 1 is 1.20 bits per heavy atom. The molecule has 1 heterocycles. The first-order valence-electron chi connectivity index (χ1n) is 8.45. The smallest absolute Gasteiger partial charge is 0.281 e. The third-order valence-electron chi connectivity index (χ3n) is 3.90. The monoisotopic (exact) mass is 430 g/mol. The fourth-order valence-electron chi connectivity index (χ4n) is 2.56. The first-order chi connectivity index (χ1) is 14.3. The van der Waals surface area contributed by atoms with Crippen molar-refractivity contribution in [1.82, 2.24) is 5.43 Å². The lowest BCUT2D eigenvalue weighted by molar-refractivity contribution is -0.385. The van der Waals surface area contributed by atoms with E-state index in [1.54, 1.807) is 13.0 Å². The van der Waals surface area contributed by atoms with Gasteiger partial charge in [-0.15, -0.1) is 11.3 Å². The van der Waals surface area contributed by atoms with Crippen molar-refractivity contribution >= 4 is 44.9 Å². The van der Waals surface area contributed by atoms with Gasteiger partial charge in [0, 0.05) is 33.8 Å². The minimum atomic E-state index is -0.645. The number of nitro groups is 2. The van der Waals surface area contributed by atoms with Gasteiger partial charge in [-0.05, 0) is 19.1 Å². The number of aromatic hydroxyl groups is 1. The number of hydrogen-bond donors (Lipinski definition) is 2. The molecule has 0 aliphatic rings. The van der Waals surface area contributed by atoms with Crippen LogP contribution in [0.25, 0.3) is 10.1 Å². The van der Waals surface area contributed by atoms with E-state index in [9.17, 15) is 30.1 Å². The van der Waals surface area contributed by atoms with E-state index >= 15 is 0 Å². The number of carbonyl (C=O) groups is 1. The Bertz CT molecular complexity index is 1190. The maximum atomic E-state index is 12.3. The van der Waals surface area contributed by atoms with E-state index in [-0.39, 0.29) is 39.9 Å². The van der Waals surface area contributed by atoms with Crippen molar-refractivity contribution in [1.29, 1.82) is 0 Å². The largest absolute Gasteiger partial charge is 0.504 e. The summed E-state index contributed by atoms with van der Waals surface area (Å²) in [5.41, 5.74) is 1.85. The average Bonchev–Trinajstić information content (AvgIpc) is 3.14. The predicted molar refractivity (Wildman–Crippen MR) is 109 cm³/mol. The number of ether oxygens (including phenoxy) is 1. The van der Waals surface area contributed by atoms with Gasteiger partial charge in [0.05, 0.1) is 33.6 Å². The number of nitrogens with zero attached hydrogens (tertiary/aromatic N) is 3. The number of amides is 1. The summed E-state index contributed by atoms with van der Waals surface area (Å²) in [7, 11) is 0. The molecule has 0 saturated carbocycles. The number of carbonyl (C=O) groups excluding carboxylic acids is 1. The van der Waals surface area contributed by atoms with Crippen molar-refractivity contribution < 1.29 is 24.5 Å². The number of nitro benzene ring substituents is 2. The van der Waals surface area contributed by atoms with Gasteiger partial charge in [0.2, 0.25) is 0 Å². The predicted octanol–water partition coefficient (Wildman–Crippen LogP) is 3.59. The molecule has 154 valence electrons. The van der Waals surface area contributed by atoms with Crippen molar-refractivity contribution in [2.75, 3.05) is 6.61 Å². The van der Waals surface area contributed by atoms with E-state index in [4.69, 9.17) is 4.74 Å². The van der Waals surface area contributed by atoms with Crippen LogP contribution in [0.1, 0.15) is 22.2 Å². The number of non-ortho nitro benzene ring substituents is 2. The number of benzene rings is 2. The van der Waals surface area contributed by atoms with Crippen LogP contribution in [-0.4, -0.2) is 33.7 Å². The van der Waals surface area contributed by atoms with Crippen LogP contribution in [0.4, 0.5) is 11.4 Å². The van der Waals surface area contributed by atoms with Crippen LogP contribution in [0.2, 0.25) is 0 Å². The van der Waals surface area contributed by atoms with Crippen molar-refractivity contribution in [3.8, 4) is 11.5 Å². The number of fused-ring (bicyclic) bond motifs is 1. The van der Waals surface area contributed by atoms with E-state index < -0.39 is 15.8 Å². The summed E-state index contributed by atoms with van der Waals surface area (Å²) in [6.07, 6.45) is 1.06. The van der Waals surface area contributed by atoms with Gasteiger partial charge in [-0.2, -0.15) is 5.10 Å². The molecule has 3 rings (SSSR count). The number of nitrogens with one attached hydrogen (secondary N) is 1. The highest BCUT2D eigenvalue weighted by Crippen LogP contribution is 2.34. The second-order valence-electron chi connectivity index (χ2n) is 5.86. The molecule has 0 saturated heterocycles. The Balaban J connectivity index is 1.81. The maximum Gasteiger partial charge on any atom is 0.281 e. The molecular formula is C18H14N4O7S. The van der Waals surface area contributed by atoms with Crippen LogP contribution < -0.4 is 10.2 Å². The molecule has 0 spiro atoms. The van der Waals surface area contributed by atoms with Gasteiger partial charge < -0.3 is 9.84 Å². The highest BCUT2D eigenvalue weighted by Gasteiger charge is 2.17. The summed E-state index contributed by atoms with van der Waals surface area (Å²) in [6, 6.07) is 7.93. The summed E-state index contributed by atoms with van der Waals surface area (Å²) in [6.45, 7) is 1.85. The number of rotatable bonds is 7. The molecule has 0 atom stereocenters. The second kappa shape index (κ2) is 8.53. The number of phenols is 1. The molecular weight excluding hydrogens is 416 g/mol. The molecule has 2 aromatic carbocycles. The molecule has 30 heavy (non-hydrogen) atoms. The molecule has 0 bridgehead atoms. The maximum absolute atomic E-state index is 12.3. The summed E-state index contributed by atoms with van der Waals surface area (Å²) >= 11 is 1.12. The van der Waals surface area contributed by atoms with Crippen LogP contribution in [0.3, 0.4) is 0 Å². The molecule has 11 nitrogen and oxygen atoms in total. The summed E-state index contributed by atoms with van der Waals surface area (Å²) in [4.78, 5) is 33.3. The minimum absolute atomic E-state index is 0.0140. The van der Waals surface area contributed by atoms with Crippen molar-refractivity contribution in [2.24, 2.45) is 5.10 Å². The summed E-state index contributed by atoms with van der Waals surface area (Å²) in [5, 5.41) is 36.4. The third-order valence-corrected chi connectivity index (χ3v) is 5.02. The third kappa shape index (κ3) is 4.33. The fourth-order valence-corrected chi connectivity index (χ4v) is 3.49. The van der Waals surface area contributed by atoms with Gasteiger partial charge in [0.1, 0.15) is 0 Å². The molecule has 0 aliphatic heterocycles. The summed E-state index contributed by atoms with van der Waals surface area (Å²) in [5.74, 6) is -1.01. The Morgan fingerprint density at radius 3 is 2.60 bits per heavy atom. The van der Waals surface area contributed by atoms with Crippen LogP contribution in [0, 0.1) is 20.2 Å². The minimum Gasteiger partial charge on any atom is -0.504 e. The van der Waals surface area contributed by atoms with Crippen LogP contribution >= 0.6 is 11.3 Å². The number of phenolic OH excluding ortho intramolecular Hbond substituents is 1. The lowest BCUT2D eigenvalue weighted by atomic mass is 10.1. The highest BCUT2D eigenvalue weighted by atomic mass is 32.1. The Kier molecular flexibility index (Phi) is 5.88. The fraction of sp³-hybridized carbons (Fsp3) is 0.111. The molecule has 2 N–H and O–H groups in total. The quantitative estimate of drug-likeness (QED) is 0.329. The Morgan fingerprint density at radius 2 is 1.93 bits per heavy atom. The molecule has 0 aliphatic carbocycles. The van der Waals surface area contributed by atoms with Gasteiger partial charge in [0.15, 0.2) is 11.5 Å². The number of thiophene rings is 1. The second-order valence-corrected chi connectivity index (χ2v) is 6.94. The first-order valence-corrected chi connectivity index (χ1v) is 9.27. The van der Waals surface area contributed by atoms with Gasteiger partial charge in [-0.25, -0.2) is 5.43 Å². The standard InChI is InChI=1S/C18H14N4O7S/c1-2-29-14-8-13(22(27)28)6-11(17(14)23)9-19-20-18(24)16-7-10-5-12(21(25)26)3-4-15(10)30-16/h3-9,23H,2H2,1H3,(H,20,24)/b19-9+. The van der Waals surface area contributed by atoms with E-state index in [1.165, 1.54) is 18.2 Å². The molecule has 0 radical (unpaired) electrons. The van der Waals surface area contributed by atoms with Gasteiger partial charge in [-0.1, -0.05) is 0 Å². The molecule has 1 aromatic heterocycles. The Labute approximate surface area is 172 Å². The summed E-state index contributed by atoms with van der Waals surface area (Å²) < 4.78 is 5.86. The van der Waals surface area contributed by atoms with Crippen molar-refractivity contribution in [3.05, 3.63) is 67.1 Å². The van der Waals surface area contributed by atoms with Crippen LogP contribution in [0.5, 0.6) is 11.5 Å². The normalized spacial score (nSPS) is 11.0.